The molecular weight excluding hydrogens is 312 g/mol. The van der Waals surface area contributed by atoms with Crippen LogP contribution in [0.1, 0.15) is 32.1 Å². The summed E-state index contributed by atoms with van der Waals surface area (Å²) in [5, 5.41) is 13.5. The van der Waals surface area contributed by atoms with Crippen LogP contribution in [0.4, 0.5) is 5.69 Å². The van der Waals surface area contributed by atoms with Crippen molar-refractivity contribution in [2.24, 2.45) is 5.92 Å². The topological polar surface area (TPSA) is 35.8 Å². The number of nitriles is 1. The van der Waals surface area contributed by atoms with Gasteiger partial charge in [0.05, 0.1) is 12.0 Å². The predicted octanol–water partition coefficient (Wildman–Crippen LogP) is 4.99. The van der Waals surface area contributed by atoms with Gasteiger partial charge in [-0.15, -0.1) is 0 Å². The lowest BCUT2D eigenvalue weighted by Crippen LogP contribution is -2.27. The largest absolute Gasteiger partial charge is 0.380 e. The Balaban J connectivity index is 2.13. The number of nitrogens with zero attached hydrogens (tertiary/aromatic N) is 1. The molecule has 0 aliphatic heterocycles. The van der Waals surface area contributed by atoms with E-state index in [4.69, 9.17) is 11.6 Å². The van der Waals surface area contributed by atoms with Crippen LogP contribution in [-0.2, 0) is 0 Å². The molecule has 18 heavy (non-hydrogen) atoms. The highest BCUT2D eigenvalue weighted by Gasteiger charge is 2.23. The fourth-order valence-electron chi connectivity index (χ4n) is 2.44. The molecule has 1 aliphatic rings. The third kappa shape index (κ3) is 3.40. The molecule has 1 aromatic carbocycles. The molecule has 2 atom stereocenters. The minimum absolute atomic E-state index is 0.107. The molecule has 0 spiro atoms. The van der Waals surface area contributed by atoms with Gasteiger partial charge in [0.15, 0.2) is 0 Å². The Morgan fingerprint density at radius 3 is 2.78 bits per heavy atom. The molecule has 0 amide bonds. The van der Waals surface area contributed by atoms with E-state index in [1.54, 1.807) is 0 Å². The summed E-state index contributed by atoms with van der Waals surface area (Å²) in [5.74, 6) is 0.107. The Morgan fingerprint density at radius 1 is 1.28 bits per heavy atom. The van der Waals surface area contributed by atoms with Crippen molar-refractivity contribution in [2.75, 3.05) is 5.32 Å². The van der Waals surface area contributed by atoms with Gasteiger partial charge in [-0.05, 0) is 47.0 Å². The number of hydrogen-bond acceptors (Lipinski definition) is 2. The fraction of sp³-hybridized carbons (Fsp3) is 0.500. The molecule has 1 fully saturated rings. The van der Waals surface area contributed by atoms with Crippen LogP contribution in [0, 0.1) is 17.2 Å². The van der Waals surface area contributed by atoms with E-state index >= 15 is 0 Å². The molecule has 4 heteroatoms. The summed E-state index contributed by atoms with van der Waals surface area (Å²) in [6, 6.07) is 8.40. The molecule has 0 bridgehead atoms. The molecule has 1 N–H and O–H groups in total. The summed E-state index contributed by atoms with van der Waals surface area (Å²) in [5.41, 5.74) is 1.02. The van der Waals surface area contributed by atoms with Gasteiger partial charge in [-0.25, -0.2) is 0 Å². The lowest BCUT2D eigenvalue weighted by molar-refractivity contribution is 0.514. The first kappa shape index (κ1) is 13.7. The Bertz CT molecular complexity index is 456. The first-order valence-corrected chi connectivity index (χ1v) is 7.49. The Kier molecular flexibility index (Phi) is 4.91. The second kappa shape index (κ2) is 6.45. The Hall–Kier alpha value is -0.720. The monoisotopic (exact) mass is 326 g/mol. The van der Waals surface area contributed by atoms with Gasteiger partial charge in [-0.2, -0.15) is 5.26 Å². The van der Waals surface area contributed by atoms with Crippen molar-refractivity contribution in [3.63, 3.8) is 0 Å². The second-order valence-corrected chi connectivity index (χ2v) is 6.04. The first-order valence-electron chi connectivity index (χ1n) is 6.32. The van der Waals surface area contributed by atoms with Crippen molar-refractivity contribution in [3.8, 4) is 6.07 Å². The van der Waals surface area contributed by atoms with Gasteiger partial charge in [0.2, 0.25) is 0 Å². The highest BCUT2D eigenvalue weighted by Crippen LogP contribution is 2.30. The van der Waals surface area contributed by atoms with Crippen LogP contribution in [0.3, 0.4) is 0 Å². The van der Waals surface area contributed by atoms with Gasteiger partial charge in [-0.1, -0.05) is 30.9 Å². The summed E-state index contributed by atoms with van der Waals surface area (Å²) in [7, 11) is 0. The smallest absolute Gasteiger partial charge is 0.0677 e. The van der Waals surface area contributed by atoms with Crippen molar-refractivity contribution in [3.05, 3.63) is 27.7 Å². The van der Waals surface area contributed by atoms with Crippen LogP contribution in [0.15, 0.2) is 22.7 Å². The van der Waals surface area contributed by atoms with Gasteiger partial charge in [0.1, 0.15) is 0 Å². The SMILES string of the molecule is N#CC1CCCCCC1Nc1ccc(Cl)cc1Br. The van der Waals surface area contributed by atoms with Crippen molar-refractivity contribution in [2.45, 2.75) is 38.1 Å². The molecule has 0 aromatic heterocycles. The zero-order chi connectivity index (χ0) is 13.0. The van der Waals surface area contributed by atoms with E-state index in [0.717, 1.165) is 29.4 Å². The summed E-state index contributed by atoms with van der Waals surface area (Å²) >= 11 is 9.44. The number of rotatable bonds is 2. The average Bonchev–Trinajstić information content (AvgIpc) is 2.57. The standard InChI is InChI=1S/C14H16BrClN2/c15-12-8-11(16)6-7-14(12)18-13-5-3-1-2-4-10(13)9-17/h6-8,10,13,18H,1-5H2. The van der Waals surface area contributed by atoms with E-state index in [1.165, 1.54) is 12.8 Å². The highest BCUT2D eigenvalue weighted by atomic mass is 79.9. The predicted molar refractivity (Wildman–Crippen MR) is 78.8 cm³/mol. The summed E-state index contributed by atoms with van der Waals surface area (Å²) < 4.78 is 0.955. The molecule has 0 radical (unpaired) electrons. The molecular formula is C14H16BrClN2. The molecule has 2 nitrogen and oxygen atoms in total. The lowest BCUT2D eigenvalue weighted by Gasteiger charge is -2.22. The third-order valence-electron chi connectivity index (χ3n) is 3.45. The van der Waals surface area contributed by atoms with Crippen molar-refractivity contribution in [1.29, 1.82) is 5.26 Å². The Labute approximate surface area is 121 Å². The number of hydrogen-bond donors (Lipinski definition) is 1. The van der Waals surface area contributed by atoms with E-state index in [1.807, 2.05) is 18.2 Å². The van der Waals surface area contributed by atoms with Gasteiger partial charge in [-0.3, -0.25) is 0 Å². The normalized spacial score (nSPS) is 24.1. The second-order valence-electron chi connectivity index (χ2n) is 4.75. The summed E-state index contributed by atoms with van der Waals surface area (Å²) in [4.78, 5) is 0. The number of nitrogens with one attached hydrogen (secondary N) is 1. The maximum atomic E-state index is 9.26. The quantitative estimate of drug-likeness (QED) is 0.777. The molecule has 2 rings (SSSR count). The van der Waals surface area contributed by atoms with Crippen molar-refractivity contribution < 1.29 is 0 Å². The average molecular weight is 328 g/mol. The molecule has 2 unspecified atom stereocenters. The van der Waals surface area contributed by atoms with E-state index in [-0.39, 0.29) is 12.0 Å². The van der Waals surface area contributed by atoms with Crippen molar-refractivity contribution >= 4 is 33.2 Å². The zero-order valence-electron chi connectivity index (χ0n) is 10.1. The number of anilines is 1. The summed E-state index contributed by atoms with van der Waals surface area (Å²) in [6.07, 6.45) is 5.66. The first-order chi connectivity index (χ1) is 8.70. The molecule has 0 saturated heterocycles. The summed E-state index contributed by atoms with van der Waals surface area (Å²) in [6.45, 7) is 0. The third-order valence-corrected chi connectivity index (χ3v) is 4.34. The van der Waals surface area contributed by atoms with Crippen molar-refractivity contribution in [1.82, 2.24) is 0 Å². The lowest BCUT2D eigenvalue weighted by atomic mass is 9.96. The van der Waals surface area contributed by atoms with Gasteiger partial charge < -0.3 is 5.32 Å². The minimum Gasteiger partial charge on any atom is -0.380 e. The zero-order valence-corrected chi connectivity index (χ0v) is 12.5. The molecule has 1 aromatic rings. The molecule has 0 heterocycles. The highest BCUT2D eigenvalue weighted by molar-refractivity contribution is 9.10. The van der Waals surface area contributed by atoms with Crippen LogP contribution in [-0.4, -0.2) is 6.04 Å². The van der Waals surface area contributed by atoms with Crippen LogP contribution < -0.4 is 5.32 Å². The van der Waals surface area contributed by atoms with Crippen LogP contribution in [0.2, 0.25) is 5.02 Å². The maximum absolute atomic E-state index is 9.26. The van der Waals surface area contributed by atoms with Gasteiger partial charge >= 0.3 is 0 Å². The van der Waals surface area contributed by atoms with Crippen LogP contribution in [0.5, 0.6) is 0 Å². The van der Waals surface area contributed by atoms with E-state index in [0.29, 0.717) is 5.02 Å². The number of benzene rings is 1. The van der Waals surface area contributed by atoms with Gasteiger partial charge in [0.25, 0.3) is 0 Å². The Morgan fingerprint density at radius 2 is 2.06 bits per heavy atom. The molecule has 1 saturated carbocycles. The van der Waals surface area contributed by atoms with Crippen LogP contribution >= 0.6 is 27.5 Å². The molecule has 1 aliphatic carbocycles. The van der Waals surface area contributed by atoms with Crippen LogP contribution in [0.25, 0.3) is 0 Å². The molecule has 96 valence electrons. The maximum Gasteiger partial charge on any atom is 0.0677 e. The minimum atomic E-state index is 0.107. The fourth-order valence-corrected chi connectivity index (χ4v) is 3.24. The van der Waals surface area contributed by atoms with E-state index in [9.17, 15) is 5.26 Å². The van der Waals surface area contributed by atoms with E-state index in [2.05, 4.69) is 27.3 Å². The number of halogens is 2. The van der Waals surface area contributed by atoms with E-state index < -0.39 is 0 Å². The van der Waals surface area contributed by atoms with Gasteiger partial charge in [0, 0.05) is 21.2 Å².